The Balaban J connectivity index is 1.32. The molecule has 38 nitrogen and oxygen atoms in total. The molecule has 9 amide bonds. The first kappa shape index (κ1) is 91.8. The summed E-state index contributed by atoms with van der Waals surface area (Å²) in [7, 11) is 0. The van der Waals surface area contributed by atoms with Crippen molar-refractivity contribution >= 4 is 53.2 Å². The van der Waals surface area contributed by atoms with Gasteiger partial charge in [0.2, 0.25) is 53.2 Å². The Kier molecular flexibility index (Phi) is 44.5. The summed E-state index contributed by atoms with van der Waals surface area (Å²) in [6.45, 7) is 4.36. The number of nitrogens with one attached hydrogen (secondary N) is 9. The zero-order chi connectivity index (χ0) is 77.4. The first-order valence-corrected chi connectivity index (χ1v) is 36.4. The van der Waals surface area contributed by atoms with Crippen molar-refractivity contribution < 1.29 is 142 Å². The van der Waals surface area contributed by atoms with Crippen molar-refractivity contribution in [3.63, 3.8) is 0 Å². The van der Waals surface area contributed by atoms with E-state index in [9.17, 15) is 94.2 Å². The molecule has 3 aliphatic heterocycles. The van der Waals surface area contributed by atoms with Gasteiger partial charge in [0.05, 0.1) is 91.5 Å². The number of unbranched alkanes of at least 4 members (excludes halogenated alkanes) is 7. The van der Waals surface area contributed by atoms with Crippen molar-refractivity contribution in [3.05, 3.63) is 0 Å². The van der Waals surface area contributed by atoms with Crippen LogP contribution >= 0.6 is 0 Å². The molecule has 20 atom stereocenters. The summed E-state index contributed by atoms with van der Waals surface area (Å²) in [5, 5.41) is 125. The Morgan fingerprint density at radius 1 is 0.400 bits per heavy atom. The molecule has 3 heterocycles. The monoisotopic (exact) mass is 1510 g/mol. The van der Waals surface area contributed by atoms with Gasteiger partial charge in [-0.15, -0.1) is 0 Å². The van der Waals surface area contributed by atoms with Crippen LogP contribution < -0.4 is 47.9 Å². The molecule has 0 bridgehead atoms. The molecular formula is C67H119N9O29. The third-order valence-electron chi connectivity index (χ3n) is 17.8. The number of amides is 9. The molecule has 16 unspecified atom stereocenters. The van der Waals surface area contributed by atoms with Crippen molar-refractivity contribution in [2.75, 3.05) is 106 Å². The van der Waals surface area contributed by atoms with Gasteiger partial charge >= 0.3 is 0 Å². The second-order valence-corrected chi connectivity index (χ2v) is 26.7. The first-order chi connectivity index (χ1) is 50.2. The Morgan fingerprint density at radius 3 is 1.11 bits per heavy atom. The highest BCUT2D eigenvalue weighted by Gasteiger charge is 2.48. The summed E-state index contributed by atoms with van der Waals surface area (Å²) >= 11 is 0. The maximum absolute atomic E-state index is 13.8. The lowest BCUT2D eigenvalue weighted by molar-refractivity contribution is -0.272. The zero-order valence-corrected chi connectivity index (χ0v) is 61.0. The molecule has 1 aliphatic carbocycles. The van der Waals surface area contributed by atoms with Crippen LogP contribution in [0.2, 0.25) is 0 Å². The van der Waals surface area contributed by atoms with E-state index in [4.69, 9.17) is 47.4 Å². The fourth-order valence-electron chi connectivity index (χ4n) is 12.4. The Labute approximate surface area is 611 Å². The summed E-state index contributed by atoms with van der Waals surface area (Å²) in [4.78, 5) is 116. The fourth-order valence-corrected chi connectivity index (χ4v) is 12.4. The summed E-state index contributed by atoms with van der Waals surface area (Å²) < 4.78 is 56.4. The molecule has 0 aromatic heterocycles. The van der Waals surface area contributed by atoms with E-state index in [0.717, 1.165) is 38.5 Å². The lowest BCUT2D eigenvalue weighted by atomic mass is 9.97. The number of aliphatic hydroxyl groups excluding tert-OH is 10. The summed E-state index contributed by atoms with van der Waals surface area (Å²) in [5.41, 5.74) is 0. The van der Waals surface area contributed by atoms with E-state index in [-0.39, 0.29) is 141 Å². The normalized spacial score (nSPS) is 28.0. The van der Waals surface area contributed by atoms with Crippen molar-refractivity contribution in [2.45, 2.75) is 260 Å². The van der Waals surface area contributed by atoms with E-state index in [2.05, 4.69) is 47.9 Å². The summed E-state index contributed by atoms with van der Waals surface area (Å²) in [5.74, 6) is -4.81. The summed E-state index contributed by atoms with van der Waals surface area (Å²) in [6.07, 6.45) is -9.65. The molecule has 606 valence electrons. The number of rotatable bonds is 52. The largest absolute Gasteiger partial charge is 0.396 e. The number of carbonyl (C=O) groups excluding carboxylic acids is 9. The molecule has 0 aromatic carbocycles. The van der Waals surface area contributed by atoms with Crippen LogP contribution in [0.15, 0.2) is 0 Å². The fraction of sp³-hybridized carbons (Fsp3) is 0.866. The van der Waals surface area contributed by atoms with Crippen LogP contribution in [0.25, 0.3) is 0 Å². The predicted molar refractivity (Wildman–Crippen MR) is 366 cm³/mol. The van der Waals surface area contributed by atoms with Gasteiger partial charge in [0.25, 0.3) is 0 Å². The number of hydrogen-bond acceptors (Lipinski definition) is 29. The highest BCUT2D eigenvalue weighted by molar-refractivity contribution is 5.90. The molecule has 38 heteroatoms. The third kappa shape index (κ3) is 34.3. The SMILES string of the molecule is CC(=O)NC1C(OCCOCCNC(=O)CCC(NC(=O)CCC(NC(=O)CCCCCCCCCCC(=O)N[C@@H]2C[C@@H](CO)[C@H](OC(C)C)C2)C(=O)NCCOCCOC2O[C@H](CO)C(O)C(O)C2NC(C)=O)C(=O)NCCOCCOC2OC(CO)C(O)C(O)C2NC(C)=O)OC(CO)C(O)C1O. The van der Waals surface area contributed by atoms with Gasteiger partial charge in [-0.05, 0) is 52.4 Å². The van der Waals surface area contributed by atoms with E-state index in [1.807, 2.05) is 13.8 Å². The van der Waals surface area contributed by atoms with E-state index in [1.165, 1.54) is 20.8 Å². The lowest BCUT2D eigenvalue weighted by Gasteiger charge is -2.42. The van der Waals surface area contributed by atoms with Gasteiger partial charge in [-0.2, -0.15) is 0 Å². The van der Waals surface area contributed by atoms with Crippen LogP contribution in [0, 0.1) is 5.92 Å². The number of ether oxygens (including phenoxy) is 10. The van der Waals surface area contributed by atoms with E-state index < -0.39 is 178 Å². The van der Waals surface area contributed by atoms with Gasteiger partial charge in [-0.1, -0.05) is 38.5 Å². The molecule has 3 saturated heterocycles. The number of aliphatic hydroxyl groups is 10. The minimum atomic E-state index is -1.54. The molecule has 4 fully saturated rings. The molecular weight excluding hydrogens is 1390 g/mol. The second kappa shape index (κ2) is 50.9. The van der Waals surface area contributed by atoms with Crippen molar-refractivity contribution in [3.8, 4) is 0 Å². The Bertz CT molecular complexity index is 2570. The van der Waals surface area contributed by atoms with Gasteiger partial charge < -0.3 is 146 Å². The molecule has 105 heavy (non-hydrogen) atoms. The number of hydrogen-bond donors (Lipinski definition) is 19. The quantitative estimate of drug-likeness (QED) is 0.0252. The van der Waals surface area contributed by atoms with E-state index in [0.29, 0.717) is 32.1 Å². The average molecular weight is 1510 g/mol. The van der Waals surface area contributed by atoms with Crippen molar-refractivity contribution in [2.24, 2.45) is 5.92 Å². The van der Waals surface area contributed by atoms with Crippen LogP contribution in [0.1, 0.15) is 137 Å². The lowest BCUT2D eigenvalue weighted by Crippen LogP contribution is -2.64. The molecule has 0 spiro atoms. The van der Waals surface area contributed by atoms with Crippen LogP contribution in [0.4, 0.5) is 0 Å². The Hall–Kier alpha value is -5.57. The molecule has 0 radical (unpaired) electrons. The molecule has 4 aliphatic rings. The van der Waals surface area contributed by atoms with E-state index in [1.54, 1.807) is 0 Å². The molecule has 0 aromatic rings. The average Bonchev–Trinajstić information content (AvgIpc) is 1.55. The van der Waals surface area contributed by atoms with Crippen molar-refractivity contribution in [1.29, 1.82) is 0 Å². The van der Waals surface area contributed by atoms with Crippen molar-refractivity contribution in [1.82, 2.24) is 47.9 Å². The predicted octanol–water partition coefficient (Wildman–Crippen LogP) is -6.62. The maximum Gasteiger partial charge on any atom is 0.242 e. The standard InChI is InChI=1S/C67H119N9O29/c1-38(2)102-46-33-43(32-42(46)34-77)74-51(85)14-12-10-8-6-7-9-11-13-15-52(86)75-45(64(95)70-22-25-98-28-31-101-67-56(73-41(5)83)62(93)59(90)49(37-80)105-67)17-19-53(87)76-44(63(94)69-21-24-97-27-30-100-66-55(72-40(4)82)61(92)58(89)48(36-79)104-66)16-18-50(84)68-20-23-96-26-29-99-65-54(71-39(3)81)60(91)57(88)47(35-78)103-65/h38,42-49,54-62,65-67,77-80,88-93H,6-37H2,1-5H3,(H,68,84)(H,69,94)(H,70,95)(H,71,81)(H,72,82)(H,73,83)(H,74,85)(H,75,86)(H,76,87)/t42-,43+,44?,45?,46+,47?,48?,49+,54?,55?,56?,57?,58?,59?,60?,61?,62?,65?,66?,67?/m0/s1. The first-order valence-electron chi connectivity index (χ1n) is 36.4. The topological polar surface area (TPSA) is 556 Å². The zero-order valence-electron chi connectivity index (χ0n) is 61.0. The minimum absolute atomic E-state index is 0.00727. The molecule has 19 N–H and O–H groups in total. The van der Waals surface area contributed by atoms with E-state index >= 15 is 0 Å². The summed E-state index contributed by atoms with van der Waals surface area (Å²) in [6, 6.07) is -6.18. The Morgan fingerprint density at radius 2 is 0.752 bits per heavy atom. The highest BCUT2D eigenvalue weighted by atomic mass is 16.7. The second-order valence-electron chi connectivity index (χ2n) is 26.7. The third-order valence-corrected chi connectivity index (χ3v) is 17.8. The smallest absolute Gasteiger partial charge is 0.242 e. The number of carbonyl (C=O) groups is 9. The van der Waals surface area contributed by atoms with Gasteiger partial charge in [-0.3, -0.25) is 43.2 Å². The maximum atomic E-state index is 13.8. The van der Waals surface area contributed by atoms with Gasteiger partial charge in [-0.25, -0.2) is 0 Å². The van der Waals surface area contributed by atoms with Crippen LogP contribution in [0.5, 0.6) is 0 Å². The highest BCUT2D eigenvalue weighted by Crippen LogP contribution is 2.30. The minimum Gasteiger partial charge on any atom is -0.396 e. The van der Waals surface area contributed by atoms with Crippen LogP contribution in [-0.2, 0) is 90.5 Å². The van der Waals surface area contributed by atoms with Gasteiger partial charge in [0, 0.05) is 84.7 Å². The van der Waals surface area contributed by atoms with Gasteiger partial charge in [0.15, 0.2) is 18.9 Å². The molecule has 4 rings (SSSR count). The van der Waals surface area contributed by atoms with Crippen LogP contribution in [-0.4, -0.2) is 332 Å². The van der Waals surface area contributed by atoms with Gasteiger partial charge in [0.1, 0.15) is 85.1 Å². The molecule has 1 saturated carbocycles. The van der Waals surface area contributed by atoms with Crippen LogP contribution in [0.3, 0.4) is 0 Å².